The molecule has 0 aliphatic carbocycles. The highest BCUT2D eigenvalue weighted by molar-refractivity contribution is 6.29. The van der Waals surface area contributed by atoms with Gasteiger partial charge in [0.15, 0.2) is 5.82 Å². The van der Waals surface area contributed by atoms with Gasteiger partial charge in [0.2, 0.25) is 0 Å². The number of carbonyl (C=O) groups excluding carboxylic acids is 1. The summed E-state index contributed by atoms with van der Waals surface area (Å²) in [4.78, 5) is 26.1. The number of alkyl halides is 3. The lowest BCUT2D eigenvalue weighted by atomic mass is 10.0. The highest BCUT2D eigenvalue weighted by Gasteiger charge is 2.36. The summed E-state index contributed by atoms with van der Waals surface area (Å²) >= 11 is 6.03. The first kappa shape index (κ1) is 23.4. The van der Waals surface area contributed by atoms with E-state index in [4.69, 9.17) is 11.6 Å². The third kappa shape index (κ3) is 4.62. The Hall–Kier alpha value is -3.80. The molecule has 2 amide bonds. The average Bonchev–Trinajstić information content (AvgIpc) is 3.28. The second kappa shape index (κ2) is 8.86. The summed E-state index contributed by atoms with van der Waals surface area (Å²) in [5.41, 5.74) is 1.08. The Kier molecular flexibility index (Phi) is 6.09. The van der Waals surface area contributed by atoms with Crippen molar-refractivity contribution in [2.45, 2.75) is 32.9 Å². The van der Waals surface area contributed by atoms with E-state index in [1.165, 1.54) is 25.5 Å². The molecule has 9 nitrogen and oxygen atoms in total. The molecule has 0 saturated heterocycles. The molecule has 0 aliphatic heterocycles. The minimum absolute atomic E-state index is 0.0622. The van der Waals surface area contributed by atoms with Crippen LogP contribution in [0.4, 0.5) is 29.3 Å². The number of aryl methyl sites for hydroxylation is 1. The number of nitrogens with one attached hydrogen (secondary N) is 2. The fourth-order valence-corrected chi connectivity index (χ4v) is 3.57. The van der Waals surface area contributed by atoms with Gasteiger partial charge in [-0.05, 0) is 31.0 Å². The summed E-state index contributed by atoms with van der Waals surface area (Å²) in [6.45, 7) is 5.28. The van der Waals surface area contributed by atoms with E-state index in [0.717, 1.165) is 10.9 Å². The van der Waals surface area contributed by atoms with Crippen LogP contribution in [0.2, 0.25) is 5.15 Å². The summed E-state index contributed by atoms with van der Waals surface area (Å²) < 4.78 is 41.1. The van der Waals surface area contributed by atoms with Crippen LogP contribution in [0.5, 0.6) is 0 Å². The summed E-state index contributed by atoms with van der Waals surface area (Å²) in [5, 5.41) is 12.8. The Morgan fingerprint density at radius 3 is 2.41 bits per heavy atom. The molecule has 2 N–H and O–H groups in total. The quantitative estimate of drug-likeness (QED) is 0.373. The lowest BCUT2D eigenvalue weighted by Gasteiger charge is -2.18. The molecule has 0 fully saturated rings. The number of nitrogens with zero attached hydrogens (tertiary/aromatic N) is 6. The van der Waals surface area contributed by atoms with Crippen molar-refractivity contribution < 1.29 is 18.0 Å². The Bertz CT molecular complexity index is 1370. The number of hydrogen-bond acceptors (Lipinski definition) is 6. The van der Waals surface area contributed by atoms with Crippen molar-refractivity contribution >= 4 is 40.0 Å². The summed E-state index contributed by atoms with van der Waals surface area (Å²) in [5.74, 6) is -0.558. The summed E-state index contributed by atoms with van der Waals surface area (Å²) in [6, 6.07) is 3.35. The maximum Gasteiger partial charge on any atom is 0.420 e. The number of halogens is 4. The van der Waals surface area contributed by atoms with E-state index in [-0.39, 0.29) is 22.5 Å². The number of urea groups is 1. The van der Waals surface area contributed by atoms with Crippen molar-refractivity contribution in [2.75, 3.05) is 10.6 Å². The zero-order valence-electron chi connectivity index (χ0n) is 18.1. The molecule has 0 atom stereocenters. The average molecular weight is 491 g/mol. The van der Waals surface area contributed by atoms with Gasteiger partial charge in [-0.2, -0.15) is 23.4 Å². The number of hydrogen-bond donors (Lipinski definition) is 2. The minimum atomic E-state index is -4.76. The smallest absolute Gasteiger partial charge is 0.306 e. The number of amides is 2. The van der Waals surface area contributed by atoms with Gasteiger partial charge >= 0.3 is 12.2 Å². The largest absolute Gasteiger partial charge is 0.420 e. The van der Waals surface area contributed by atoms with Gasteiger partial charge in [0, 0.05) is 5.56 Å². The molecule has 4 rings (SSSR count). The molecule has 4 aromatic heterocycles. The van der Waals surface area contributed by atoms with Crippen molar-refractivity contribution in [1.82, 2.24) is 29.9 Å². The van der Waals surface area contributed by atoms with Crippen LogP contribution in [0.15, 0.2) is 36.8 Å². The third-order valence-electron chi connectivity index (χ3n) is 4.90. The molecule has 0 radical (unpaired) electrons. The van der Waals surface area contributed by atoms with E-state index in [2.05, 4.69) is 35.8 Å². The highest BCUT2D eigenvalue weighted by atomic mass is 35.5. The summed E-state index contributed by atoms with van der Waals surface area (Å²) in [6.07, 6.45) is -0.814. The minimum Gasteiger partial charge on any atom is -0.306 e. The molecule has 4 aromatic rings. The van der Waals surface area contributed by atoms with Crippen molar-refractivity contribution in [2.24, 2.45) is 0 Å². The van der Waals surface area contributed by atoms with Gasteiger partial charge in [0.05, 0.1) is 46.7 Å². The van der Waals surface area contributed by atoms with Gasteiger partial charge in [0.25, 0.3) is 0 Å². The summed E-state index contributed by atoms with van der Waals surface area (Å²) in [7, 11) is 0. The van der Waals surface area contributed by atoms with Gasteiger partial charge in [0.1, 0.15) is 10.7 Å². The number of pyridine rings is 3. The van der Waals surface area contributed by atoms with Gasteiger partial charge in [-0.15, -0.1) is 4.80 Å². The predicted octanol–water partition coefficient (Wildman–Crippen LogP) is 5.35. The maximum absolute atomic E-state index is 13.7. The van der Waals surface area contributed by atoms with Crippen LogP contribution >= 0.6 is 11.6 Å². The van der Waals surface area contributed by atoms with Crippen LogP contribution in [0, 0.1) is 6.92 Å². The van der Waals surface area contributed by atoms with Gasteiger partial charge in [-0.3, -0.25) is 4.98 Å². The van der Waals surface area contributed by atoms with E-state index in [1.807, 2.05) is 13.8 Å². The van der Waals surface area contributed by atoms with Crippen LogP contribution < -0.4 is 10.6 Å². The van der Waals surface area contributed by atoms with Crippen LogP contribution in [0.3, 0.4) is 0 Å². The zero-order chi connectivity index (χ0) is 24.6. The molecule has 4 heterocycles. The Morgan fingerprint density at radius 2 is 1.76 bits per heavy atom. The van der Waals surface area contributed by atoms with Crippen LogP contribution in [-0.4, -0.2) is 36.0 Å². The molecule has 0 bridgehead atoms. The lowest BCUT2D eigenvalue weighted by Crippen LogP contribution is -2.23. The van der Waals surface area contributed by atoms with E-state index < -0.39 is 23.6 Å². The molecule has 0 spiro atoms. The van der Waals surface area contributed by atoms with Crippen molar-refractivity contribution in [3.05, 3.63) is 58.8 Å². The van der Waals surface area contributed by atoms with Crippen LogP contribution in [0.25, 0.3) is 16.9 Å². The molecular formula is C21H18ClF3N8O. The number of aromatic nitrogens is 6. The highest BCUT2D eigenvalue weighted by Crippen LogP contribution is 2.35. The first-order chi connectivity index (χ1) is 16.0. The van der Waals surface area contributed by atoms with Crippen molar-refractivity contribution in [3.63, 3.8) is 0 Å². The Balaban J connectivity index is 1.68. The number of fused-ring (bicyclic) bond motifs is 1. The fourth-order valence-electron chi connectivity index (χ4n) is 3.43. The normalized spacial score (nSPS) is 11.8. The van der Waals surface area contributed by atoms with Crippen LogP contribution in [0.1, 0.15) is 36.6 Å². The molecule has 0 saturated carbocycles. The predicted molar refractivity (Wildman–Crippen MR) is 120 cm³/mol. The monoisotopic (exact) mass is 490 g/mol. The lowest BCUT2D eigenvalue weighted by molar-refractivity contribution is -0.137. The van der Waals surface area contributed by atoms with Crippen molar-refractivity contribution in [3.8, 4) is 5.82 Å². The maximum atomic E-state index is 13.7. The Labute approximate surface area is 196 Å². The number of carbonyl (C=O) groups is 1. The van der Waals surface area contributed by atoms with Gasteiger partial charge in [-0.1, -0.05) is 25.4 Å². The molecular weight excluding hydrogens is 473 g/mol. The van der Waals surface area contributed by atoms with Gasteiger partial charge < -0.3 is 10.6 Å². The second-order valence-electron chi connectivity index (χ2n) is 7.63. The fraction of sp³-hybridized carbons (Fsp3) is 0.238. The van der Waals surface area contributed by atoms with E-state index in [9.17, 15) is 18.0 Å². The molecule has 13 heteroatoms. The van der Waals surface area contributed by atoms with E-state index in [1.54, 1.807) is 12.1 Å². The molecule has 0 aliphatic rings. The third-order valence-corrected chi connectivity index (χ3v) is 5.11. The SMILES string of the molecule is Cc1nc(-n2nccn2)c(C(F)(F)F)cc1NC(=O)Nc1cnc2ccc(Cl)nc2c1C(C)C. The zero-order valence-corrected chi connectivity index (χ0v) is 18.9. The Morgan fingerprint density at radius 1 is 1.09 bits per heavy atom. The standard InChI is InChI=1S/C21H18ClF3N8O/c1-10(2)17-15(9-26-13-4-5-16(22)32-18(13)17)31-20(34)30-14-8-12(21(23,24)25)19(29-11(14)3)33-27-6-7-28-33/h4-10H,1-3H3,(H2,30,31,34). The van der Waals surface area contributed by atoms with E-state index >= 15 is 0 Å². The molecule has 34 heavy (non-hydrogen) atoms. The van der Waals surface area contributed by atoms with Crippen LogP contribution in [-0.2, 0) is 6.18 Å². The van der Waals surface area contributed by atoms with E-state index in [0.29, 0.717) is 22.3 Å². The van der Waals surface area contributed by atoms with Gasteiger partial charge in [-0.25, -0.2) is 14.8 Å². The second-order valence-corrected chi connectivity index (χ2v) is 8.02. The molecule has 0 aromatic carbocycles. The topological polar surface area (TPSA) is 111 Å². The number of anilines is 2. The number of rotatable bonds is 4. The van der Waals surface area contributed by atoms with Crippen molar-refractivity contribution in [1.29, 1.82) is 0 Å². The molecule has 0 unspecified atom stereocenters. The first-order valence-corrected chi connectivity index (χ1v) is 10.4. The molecule has 176 valence electrons. The first-order valence-electron chi connectivity index (χ1n) is 10.0.